The molecule has 18 heavy (non-hydrogen) atoms. The van der Waals surface area contributed by atoms with Crippen LogP contribution in [0, 0.1) is 0 Å². The van der Waals surface area contributed by atoms with E-state index < -0.39 is 6.10 Å². The third-order valence-corrected chi connectivity index (χ3v) is 3.02. The maximum Gasteiger partial charge on any atom is 0.103 e. The monoisotopic (exact) mass is 265 g/mol. The van der Waals surface area contributed by atoms with Crippen molar-refractivity contribution < 1.29 is 5.11 Å². The van der Waals surface area contributed by atoms with E-state index in [1.165, 1.54) is 0 Å². The second kappa shape index (κ2) is 5.50. The molecule has 0 radical (unpaired) electrons. The summed E-state index contributed by atoms with van der Waals surface area (Å²) in [6.07, 6.45) is 3.22. The van der Waals surface area contributed by atoms with Crippen molar-refractivity contribution in [1.29, 1.82) is 0 Å². The van der Waals surface area contributed by atoms with Crippen LogP contribution in [-0.4, -0.2) is 19.9 Å². The molecule has 0 aliphatic rings. The lowest BCUT2D eigenvalue weighted by molar-refractivity contribution is 0.172. The third-order valence-electron chi connectivity index (χ3n) is 2.70. The van der Waals surface area contributed by atoms with Crippen LogP contribution in [0.1, 0.15) is 37.4 Å². The molecule has 0 amide bonds. The van der Waals surface area contributed by atoms with Crippen molar-refractivity contribution in [3.8, 4) is 0 Å². The molecule has 0 bridgehead atoms. The second-order valence-corrected chi connectivity index (χ2v) is 4.88. The molecule has 2 heterocycles. The highest BCUT2D eigenvalue weighted by Gasteiger charge is 2.15. The van der Waals surface area contributed by atoms with Gasteiger partial charge in [0.15, 0.2) is 0 Å². The molecule has 0 fully saturated rings. The zero-order valence-electron chi connectivity index (χ0n) is 10.4. The Bertz CT molecular complexity index is 524. The molecule has 0 aliphatic heterocycles. The van der Waals surface area contributed by atoms with Crippen LogP contribution in [0.15, 0.2) is 30.6 Å². The highest BCUT2D eigenvalue weighted by molar-refractivity contribution is 6.31. The van der Waals surface area contributed by atoms with E-state index in [-0.39, 0.29) is 0 Å². The summed E-state index contributed by atoms with van der Waals surface area (Å²) in [7, 11) is 0. The minimum atomic E-state index is -0.728. The summed E-state index contributed by atoms with van der Waals surface area (Å²) < 4.78 is 1.86. The molecule has 1 N–H and O–H groups in total. The quantitative estimate of drug-likeness (QED) is 0.925. The summed E-state index contributed by atoms with van der Waals surface area (Å²) in [5, 5.41) is 15.0. The number of halogens is 1. The first-order valence-corrected chi connectivity index (χ1v) is 6.28. The fraction of sp³-hybridized carbons (Fsp3) is 0.385. The Labute approximate surface area is 111 Å². The largest absolute Gasteiger partial charge is 0.386 e. The van der Waals surface area contributed by atoms with Crippen molar-refractivity contribution in [1.82, 2.24) is 14.8 Å². The molecule has 0 spiro atoms. The maximum absolute atomic E-state index is 10.1. The van der Waals surface area contributed by atoms with Gasteiger partial charge in [-0.3, -0.25) is 9.67 Å². The van der Waals surface area contributed by atoms with Crippen LogP contribution in [0.4, 0.5) is 0 Å². The van der Waals surface area contributed by atoms with Crippen molar-refractivity contribution in [2.45, 2.75) is 32.4 Å². The molecular formula is C13H16ClN3O. The summed E-state index contributed by atoms with van der Waals surface area (Å²) in [5.41, 5.74) is 1.33. The molecule has 0 aromatic carbocycles. The summed E-state index contributed by atoms with van der Waals surface area (Å²) in [4.78, 5) is 4.10. The number of pyridine rings is 1. The normalized spacial score (nSPS) is 12.9. The van der Waals surface area contributed by atoms with Gasteiger partial charge in [-0.1, -0.05) is 11.6 Å². The van der Waals surface area contributed by atoms with Gasteiger partial charge in [-0.25, -0.2) is 0 Å². The molecule has 1 atom stereocenters. The average Bonchev–Trinajstić information content (AvgIpc) is 2.78. The topological polar surface area (TPSA) is 50.9 Å². The molecule has 2 aromatic heterocycles. The molecule has 2 aromatic rings. The van der Waals surface area contributed by atoms with Crippen molar-refractivity contribution in [2.75, 3.05) is 0 Å². The minimum Gasteiger partial charge on any atom is -0.386 e. The molecule has 0 saturated carbocycles. The van der Waals surface area contributed by atoms with E-state index in [2.05, 4.69) is 23.9 Å². The number of nitrogens with zero attached hydrogens (tertiary/aromatic N) is 3. The van der Waals surface area contributed by atoms with Crippen LogP contribution in [0.25, 0.3) is 0 Å². The Kier molecular flexibility index (Phi) is 3.99. The van der Waals surface area contributed by atoms with Gasteiger partial charge in [0.1, 0.15) is 6.10 Å². The van der Waals surface area contributed by atoms with E-state index in [9.17, 15) is 5.11 Å². The fourth-order valence-electron chi connectivity index (χ4n) is 1.71. The summed E-state index contributed by atoms with van der Waals surface area (Å²) in [5.74, 6) is 0. The van der Waals surface area contributed by atoms with Crippen LogP contribution in [0.2, 0.25) is 5.02 Å². The van der Waals surface area contributed by atoms with Crippen molar-refractivity contribution in [3.05, 3.63) is 47.0 Å². The van der Waals surface area contributed by atoms with E-state index >= 15 is 0 Å². The average molecular weight is 266 g/mol. The number of hydrogen-bond donors (Lipinski definition) is 1. The number of aliphatic hydroxyl groups is 1. The third kappa shape index (κ3) is 2.89. The van der Waals surface area contributed by atoms with Gasteiger partial charge in [-0.05, 0) is 32.0 Å². The lowest BCUT2D eigenvalue weighted by Crippen LogP contribution is -2.07. The van der Waals surface area contributed by atoms with Crippen molar-refractivity contribution >= 4 is 11.6 Å². The Morgan fingerprint density at radius 3 is 2.78 bits per heavy atom. The number of aromatic nitrogens is 3. The molecule has 1 unspecified atom stereocenters. The van der Waals surface area contributed by atoms with E-state index in [1.54, 1.807) is 18.3 Å². The van der Waals surface area contributed by atoms with Crippen LogP contribution >= 0.6 is 11.6 Å². The highest BCUT2D eigenvalue weighted by atomic mass is 35.5. The second-order valence-electron chi connectivity index (χ2n) is 4.47. The van der Waals surface area contributed by atoms with E-state index in [0.717, 1.165) is 5.69 Å². The predicted molar refractivity (Wildman–Crippen MR) is 70.5 cm³/mol. The van der Waals surface area contributed by atoms with Crippen LogP contribution in [0.5, 0.6) is 0 Å². The molecule has 0 saturated heterocycles. The zero-order chi connectivity index (χ0) is 13.1. The minimum absolute atomic E-state index is 0.314. The summed E-state index contributed by atoms with van der Waals surface area (Å²) in [6.45, 7) is 4.12. The summed E-state index contributed by atoms with van der Waals surface area (Å²) >= 11 is 5.99. The molecule has 0 aliphatic carbocycles. The van der Waals surface area contributed by atoms with Crippen LogP contribution < -0.4 is 0 Å². The van der Waals surface area contributed by atoms with E-state index in [1.807, 2.05) is 16.9 Å². The first kappa shape index (κ1) is 13.1. The Balaban J connectivity index is 2.11. The van der Waals surface area contributed by atoms with Gasteiger partial charge < -0.3 is 5.11 Å². The van der Waals surface area contributed by atoms with Crippen LogP contribution in [0.3, 0.4) is 0 Å². The Morgan fingerprint density at radius 2 is 2.17 bits per heavy atom. The number of rotatable bonds is 4. The lowest BCUT2D eigenvalue weighted by atomic mass is 10.1. The van der Waals surface area contributed by atoms with Gasteiger partial charge in [0.25, 0.3) is 0 Å². The highest BCUT2D eigenvalue weighted by Crippen LogP contribution is 2.22. The number of aliphatic hydroxyl groups excluding tert-OH is 1. The zero-order valence-corrected chi connectivity index (χ0v) is 11.2. The predicted octanol–water partition coefficient (Wildman–Crippen LogP) is 2.79. The lowest BCUT2D eigenvalue weighted by Gasteiger charge is -2.10. The summed E-state index contributed by atoms with van der Waals surface area (Å²) in [6, 6.07) is 5.68. The van der Waals surface area contributed by atoms with Crippen LogP contribution in [-0.2, 0) is 6.42 Å². The van der Waals surface area contributed by atoms with E-state index in [0.29, 0.717) is 23.2 Å². The molecule has 5 heteroatoms. The molecule has 2 rings (SSSR count). The first-order chi connectivity index (χ1) is 8.58. The van der Waals surface area contributed by atoms with Crippen molar-refractivity contribution in [2.24, 2.45) is 0 Å². The Hall–Kier alpha value is -1.39. The molecule has 4 nitrogen and oxygen atoms in total. The van der Waals surface area contributed by atoms with Gasteiger partial charge >= 0.3 is 0 Å². The molecular weight excluding hydrogens is 250 g/mol. The molecule has 96 valence electrons. The van der Waals surface area contributed by atoms with E-state index in [4.69, 9.17) is 11.6 Å². The van der Waals surface area contributed by atoms with Gasteiger partial charge in [0.2, 0.25) is 0 Å². The maximum atomic E-state index is 10.1. The standard InChI is InChI=1S/C13H16ClN3O/c1-9(2)17-7-5-10(16-17)8-12(18)13-11(14)4-3-6-15-13/h3-7,9,12,18H,8H2,1-2H3. The fourth-order valence-corrected chi connectivity index (χ4v) is 1.96. The van der Waals surface area contributed by atoms with Crippen molar-refractivity contribution in [3.63, 3.8) is 0 Å². The van der Waals surface area contributed by atoms with Gasteiger partial charge in [0, 0.05) is 24.9 Å². The van der Waals surface area contributed by atoms with Gasteiger partial charge in [0.05, 0.1) is 16.4 Å². The Morgan fingerprint density at radius 1 is 1.39 bits per heavy atom. The smallest absolute Gasteiger partial charge is 0.103 e. The SMILES string of the molecule is CC(C)n1ccc(CC(O)c2ncccc2Cl)n1. The first-order valence-electron chi connectivity index (χ1n) is 5.90. The number of hydrogen-bond acceptors (Lipinski definition) is 3. The van der Waals surface area contributed by atoms with Gasteiger partial charge in [-0.2, -0.15) is 5.10 Å². The van der Waals surface area contributed by atoms with Gasteiger partial charge in [-0.15, -0.1) is 0 Å².